The van der Waals surface area contributed by atoms with Gasteiger partial charge in [0, 0.05) is 6.07 Å². The molecule has 0 radical (unpaired) electrons. The molecule has 3 heteroatoms. The third kappa shape index (κ3) is 1.15. The van der Waals surface area contributed by atoms with Crippen molar-refractivity contribution in [2.45, 2.75) is 4.43 Å². The fourth-order valence-electron chi connectivity index (χ4n) is 0.311. The molecule has 0 spiro atoms. The largest absolute Gasteiger partial charge is 0.361 e. The Balaban J connectivity index is 2.76. The van der Waals surface area contributed by atoms with E-state index in [1.807, 2.05) is 6.07 Å². The molecule has 0 atom stereocenters. The molecule has 0 saturated heterocycles. The van der Waals surface area contributed by atoms with E-state index in [1.54, 1.807) is 6.20 Å². The van der Waals surface area contributed by atoms with Gasteiger partial charge in [0.25, 0.3) is 0 Å². The summed E-state index contributed by atoms with van der Waals surface area (Å²) in [4.78, 5) is 0. The zero-order valence-electron chi connectivity index (χ0n) is 3.60. The molecule has 0 fully saturated rings. The van der Waals surface area contributed by atoms with Crippen LogP contribution in [0.2, 0.25) is 0 Å². The van der Waals surface area contributed by atoms with Crippen molar-refractivity contribution in [2.24, 2.45) is 0 Å². The maximum Gasteiger partial charge on any atom is 0.146 e. The highest BCUT2D eigenvalue weighted by molar-refractivity contribution is 14.1. The van der Waals surface area contributed by atoms with Gasteiger partial charge in [0.2, 0.25) is 0 Å². The first-order valence-electron chi connectivity index (χ1n) is 1.89. The van der Waals surface area contributed by atoms with Gasteiger partial charge in [-0.25, -0.2) is 0 Å². The van der Waals surface area contributed by atoms with E-state index in [4.69, 9.17) is 4.52 Å². The van der Waals surface area contributed by atoms with Crippen LogP contribution in [0.3, 0.4) is 0 Å². The summed E-state index contributed by atoms with van der Waals surface area (Å²) in [6.45, 7) is 0. The molecule has 0 aliphatic carbocycles. The summed E-state index contributed by atoms with van der Waals surface area (Å²) in [5, 5.41) is 3.51. The van der Waals surface area contributed by atoms with Crippen LogP contribution in [0.4, 0.5) is 0 Å². The van der Waals surface area contributed by atoms with E-state index in [1.165, 1.54) is 0 Å². The number of aromatic nitrogens is 1. The average molecular weight is 209 g/mol. The summed E-state index contributed by atoms with van der Waals surface area (Å²) in [6.07, 6.45) is 1.65. The van der Waals surface area contributed by atoms with E-state index in [0.29, 0.717) is 0 Å². The second-order valence-corrected chi connectivity index (χ2v) is 1.88. The Kier molecular flexibility index (Phi) is 1.67. The number of hydrogen-bond acceptors (Lipinski definition) is 2. The molecule has 1 aromatic heterocycles. The Morgan fingerprint density at radius 1 is 1.86 bits per heavy atom. The monoisotopic (exact) mass is 209 g/mol. The van der Waals surface area contributed by atoms with Gasteiger partial charge in [0.05, 0.1) is 10.6 Å². The van der Waals surface area contributed by atoms with Crippen molar-refractivity contribution in [2.75, 3.05) is 0 Å². The van der Waals surface area contributed by atoms with Gasteiger partial charge < -0.3 is 4.52 Å². The van der Waals surface area contributed by atoms with Crippen molar-refractivity contribution < 1.29 is 4.52 Å². The number of hydrogen-bond donors (Lipinski definition) is 0. The second kappa shape index (κ2) is 2.30. The van der Waals surface area contributed by atoms with Gasteiger partial charge in [0.15, 0.2) is 0 Å². The Morgan fingerprint density at radius 3 is 3.00 bits per heavy atom. The lowest BCUT2D eigenvalue weighted by molar-refractivity contribution is 0.396. The fraction of sp³-hybridized carbons (Fsp3) is 0.250. The normalized spacial score (nSPS) is 9.29. The van der Waals surface area contributed by atoms with Gasteiger partial charge >= 0.3 is 0 Å². The van der Waals surface area contributed by atoms with Crippen molar-refractivity contribution in [3.8, 4) is 0 Å². The minimum Gasteiger partial charge on any atom is -0.361 e. The van der Waals surface area contributed by atoms with Crippen LogP contribution in [-0.2, 0) is 4.43 Å². The first-order valence-corrected chi connectivity index (χ1v) is 3.41. The Labute approximate surface area is 55.0 Å². The molecule has 0 saturated carbocycles. The quantitative estimate of drug-likeness (QED) is 0.518. The number of halogens is 1. The molecule has 38 valence electrons. The highest BCUT2D eigenvalue weighted by Gasteiger charge is 1.87. The Hall–Kier alpha value is -0.0600. The van der Waals surface area contributed by atoms with Crippen molar-refractivity contribution in [1.29, 1.82) is 0 Å². The zero-order valence-corrected chi connectivity index (χ0v) is 5.75. The zero-order chi connectivity index (χ0) is 5.11. The summed E-state index contributed by atoms with van der Waals surface area (Å²) in [6, 6.07) is 1.85. The molecule has 1 heterocycles. The van der Waals surface area contributed by atoms with Gasteiger partial charge in [-0.15, -0.1) is 0 Å². The Bertz CT molecular complexity index is 126. The van der Waals surface area contributed by atoms with E-state index in [0.717, 1.165) is 10.2 Å². The first kappa shape index (κ1) is 5.08. The molecule has 0 aliphatic rings. The first-order chi connectivity index (χ1) is 3.43. The lowest BCUT2D eigenvalue weighted by Gasteiger charge is -1.74. The molecular formula is C4H4INO. The lowest BCUT2D eigenvalue weighted by atomic mass is 10.5. The molecule has 0 aliphatic heterocycles. The van der Waals surface area contributed by atoms with Crippen molar-refractivity contribution in [3.05, 3.63) is 18.0 Å². The molecule has 0 aromatic carbocycles. The van der Waals surface area contributed by atoms with Gasteiger partial charge in [-0.05, 0) is 0 Å². The van der Waals surface area contributed by atoms with E-state index < -0.39 is 0 Å². The van der Waals surface area contributed by atoms with Crippen LogP contribution in [0, 0.1) is 0 Å². The van der Waals surface area contributed by atoms with Crippen LogP contribution in [0.25, 0.3) is 0 Å². The Morgan fingerprint density at radius 2 is 2.71 bits per heavy atom. The SMILES string of the molecule is ICc1ccno1. The molecule has 0 amide bonds. The van der Waals surface area contributed by atoms with Gasteiger partial charge in [-0.2, -0.15) is 0 Å². The summed E-state index contributed by atoms with van der Waals surface area (Å²) < 4.78 is 5.63. The molecular weight excluding hydrogens is 205 g/mol. The summed E-state index contributed by atoms with van der Waals surface area (Å²) in [7, 11) is 0. The van der Waals surface area contributed by atoms with Gasteiger partial charge in [-0.3, -0.25) is 0 Å². The van der Waals surface area contributed by atoms with Crippen molar-refractivity contribution in [1.82, 2.24) is 5.16 Å². The third-order valence-electron chi connectivity index (χ3n) is 0.623. The summed E-state index contributed by atoms with van der Waals surface area (Å²) in [5.74, 6) is 0.931. The smallest absolute Gasteiger partial charge is 0.146 e. The molecule has 2 nitrogen and oxygen atoms in total. The van der Waals surface area contributed by atoms with E-state index >= 15 is 0 Å². The van der Waals surface area contributed by atoms with E-state index in [-0.39, 0.29) is 0 Å². The van der Waals surface area contributed by atoms with Crippen molar-refractivity contribution >= 4 is 22.6 Å². The molecule has 0 bridgehead atoms. The average Bonchev–Trinajstić information content (AvgIpc) is 2.14. The minimum atomic E-state index is 0.901. The van der Waals surface area contributed by atoms with Gasteiger partial charge in [0.1, 0.15) is 5.76 Å². The third-order valence-corrected chi connectivity index (χ3v) is 1.37. The van der Waals surface area contributed by atoms with Crippen LogP contribution in [0.5, 0.6) is 0 Å². The number of alkyl halides is 1. The number of rotatable bonds is 1. The molecule has 1 aromatic rings. The van der Waals surface area contributed by atoms with Crippen LogP contribution in [-0.4, -0.2) is 5.16 Å². The number of nitrogens with zero attached hydrogens (tertiary/aromatic N) is 1. The predicted molar refractivity (Wildman–Crippen MR) is 34.2 cm³/mol. The molecule has 0 unspecified atom stereocenters. The maximum atomic E-state index is 4.73. The van der Waals surface area contributed by atoms with Crippen LogP contribution in [0.1, 0.15) is 5.76 Å². The minimum absolute atomic E-state index is 0.901. The fourth-order valence-corrected chi connectivity index (χ4v) is 0.705. The van der Waals surface area contributed by atoms with Crippen LogP contribution in [0.15, 0.2) is 16.8 Å². The topological polar surface area (TPSA) is 26.0 Å². The summed E-state index contributed by atoms with van der Waals surface area (Å²) in [5.41, 5.74) is 0. The highest BCUT2D eigenvalue weighted by atomic mass is 127. The maximum absolute atomic E-state index is 4.73. The highest BCUT2D eigenvalue weighted by Crippen LogP contribution is 2.01. The van der Waals surface area contributed by atoms with Crippen LogP contribution >= 0.6 is 22.6 Å². The van der Waals surface area contributed by atoms with E-state index in [9.17, 15) is 0 Å². The predicted octanol–water partition coefficient (Wildman–Crippen LogP) is 1.61. The van der Waals surface area contributed by atoms with Gasteiger partial charge in [-0.1, -0.05) is 27.7 Å². The second-order valence-electron chi connectivity index (χ2n) is 1.11. The molecule has 0 N–H and O–H groups in total. The standard InChI is InChI=1S/C4H4INO/c5-3-4-1-2-6-7-4/h1-2H,3H2. The van der Waals surface area contributed by atoms with Crippen LogP contribution < -0.4 is 0 Å². The molecule has 1 rings (SSSR count). The van der Waals surface area contributed by atoms with Crippen molar-refractivity contribution in [3.63, 3.8) is 0 Å². The molecule has 7 heavy (non-hydrogen) atoms. The van der Waals surface area contributed by atoms with E-state index in [2.05, 4.69) is 27.7 Å². The lowest BCUT2D eigenvalue weighted by Crippen LogP contribution is -1.62. The summed E-state index contributed by atoms with van der Waals surface area (Å²) >= 11 is 2.22.